The van der Waals surface area contributed by atoms with E-state index in [0.717, 1.165) is 0 Å². The first kappa shape index (κ1) is 45.8. The average Bonchev–Trinajstić information content (AvgIpc) is 3.02. The van der Waals surface area contributed by atoms with Gasteiger partial charge in [0.25, 0.3) is 11.8 Å². The molecule has 1 rings (SSSR count). The largest absolute Gasteiger partial charge is 0.377 e. The zero-order valence-electron chi connectivity index (χ0n) is 27.6. The summed E-state index contributed by atoms with van der Waals surface area (Å²) in [5.74, 6) is -5.15. The van der Waals surface area contributed by atoms with Gasteiger partial charge in [-0.2, -0.15) is 15.2 Å². The minimum atomic E-state index is -1.43. The number of rotatable bonds is 15. The van der Waals surface area contributed by atoms with Gasteiger partial charge in [-0.05, 0) is 59.3 Å². The van der Waals surface area contributed by atoms with E-state index in [1.807, 2.05) is 0 Å². The van der Waals surface area contributed by atoms with Crippen LogP contribution in [0.25, 0.3) is 0 Å². The van der Waals surface area contributed by atoms with Crippen LogP contribution in [0.15, 0.2) is 4.99 Å². The van der Waals surface area contributed by atoms with Crippen molar-refractivity contribution in [3.63, 3.8) is 0 Å². The van der Waals surface area contributed by atoms with Crippen LogP contribution >= 0.6 is 0 Å². The van der Waals surface area contributed by atoms with Crippen molar-refractivity contribution in [1.29, 1.82) is 0 Å². The molecule has 0 bridgehead atoms. The fourth-order valence-corrected chi connectivity index (χ4v) is 4.10. The van der Waals surface area contributed by atoms with E-state index in [0.29, 0.717) is 15.2 Å². The molecular formula is C27H49FeN9O12. The third-order valence-corrected chi connectivity index (χ3v) is 6.93. The maximum absolute atomic E-state index is 13.5. The van der Waals surface area contributed by atoms with Crippen molar-refractivity contribution in [1.82, 2.24) is 41.8 Å². The van der Waals surface area contributed by atoms with E-state index in [4.69, 9.17) is 0 Å². The second-order valence-corrected chi connectivity index (χ2v) is 11.1. The Hall–Kier alpha value is -3.15. The van der Waals surface area contributed by atoms with Crippen LogP contribution in [-0.4, -0.2) is 157 Å². The smallest absolute Gasteiger partial charge is 0.268 e. The number of aliphatic imine (C=N–C) groups is 1. The third-order valence-electron chi connectivity index (χ3n) is 6.93. The standard InChI is InChI=1S/C27H49N9O12.Fe/c1-16(37)34(46)10-4-7-19-25(43)30-14-23(41)28-13-22(40)29-15-24(42)31-20(8-5-11-35(47)17(2)38)26(44)33-21(27(45)32-19)9-6-12-36(48)18(3)39;/h16-18,20-21,37-39,46-48H,4-15H2,1-3H3,(H,28,41)(H,29,40)(H,30,43)(H,31,42)(H,33,44);/t16?,17?,18?,20-,21-;/m0./s1. The summed E-state index contributed by atoms with van der Waals surface area (Å²) in [6, 6.07) is -2.75. The molecule has 22 heteroatoms. The van der Waals surface area contributed by atoms with Crippen LogP contribution < -0.4 is 26.6 Å². The summed E-state index contributed by atoms with van der Waals surface area (Å²) in [7, 11) is 0. The average molecular weight is 748 g/mol. The number of hydrogen-bond acceptors (Lipinski definition) is 15. The van der Waals surface area contributed by atoms with Gasteiger partial charge in [0, 0.05) is 36.7 Å². The fourth-order valence-electron chi connectivity index (χ4n) is 4.10. The first-order valence-corrected chi connectivity index (χ1v) is 15.4. The van der Waals surface area contributed by atoms with Gasteiger partial charge in [-0.3, -0.25) is 28.8 Å². The van der Waals surface area contributed by atoms with E-state index in [-0.39, 0.29) is 80.9 Å². The van der Waals surface area contributed by atoms with Gasteiger partial charge in [-0.15, -0.1) is 0 Å². The van der Waals surface area contributed by atoms with Crippen LogP contribution in [0.2, 0.25) is 0 Å². The first-order chi connectivity index (χ1) is 22.5. The van der Waals surface area contributed by atoms with Crippen LogP contribution in [0.5, 0.6) is 0 Å². The number of aliphatic hydroxyl groups excluding tert-OH is 3. The fraction of sp³-hybridized carbons (Fsp3) is 0.741. The molecule has 0 aromatic heterocycles. The van der Waals surface area contributed by atoms with Crippen LogP contribution in [0, 0.1) is 0 Å². The Labute approximate surface area is 293 Å². The Kier molecular flexibility index (Phi) is 22.5. The minimum Gasteiger partial charge on any atom is -0.377 e. The van der Waals surface area contributed by atoms with Crippen molar-refractivity contribution in [3.8, 4) is 0 Å². The van der Waals surface area contributed by atoms with E-state index in [1.54, 1.807) is 0 Å². The molecule has 1 aliphatic heterocycles. The predicted molar refractivity (Wildman–Crippen MR) is 164 cm³/mol. The van der Waals surface area contributed by atoms with Gasteiger partial charge in [0.05, 0.1) is 19.6 Å². The molecule has 0 spiro atoms. The summed E-state index contributed by atoms with van der Waals surface area (Å²) in [6.45, 7) is 1.76. The van der Waals surface area contributed by atoms with Crippen molar-refractivity contribution >= 4 is 41.2 Å². The third kappa shape index (κ3) is 19.0. The summed E-state index contributed by atoms with van der Waals surface area (Å²) < 4.78 is 0. The zero-order valence-corrected chi connectivity index (χ0v) is 28.8. The molecule has 0 saturated carbocycles. The number of aliphatic hydroxyl groups is 3. The second kappa shape index (κ2) is 24.1. The molecule has 0 fully saturated rings. The number of carbonyl (C=O) groups excluding carboxylic acids is 6. The van der Waals surface area contributed by atoms with Crippen LogP contribution in [0.1, 0.15) is 59.3 Å². The van der Waals surface area contributed by atoms with E-state index in [9.17, 15) is 59.7 Å². The Balaban J connectivity index is 0.0000230. The van der Waals surface area contributed by atoms with E-state index in [1.165, 1.54) is 20.8 Å². The summed E-state index contributed by atoms with van der Waals surface area (Å²) in [6.07, 6.45) is -4.07. The van der Waals surface area contributed by atoms with Crippen molar-refractivity contribution in [2.45, 2.75) is 90.1 Å². The Morgan fingerprint density at radius 1 is 0.653 bits per heavy atom. The monoisotopic (exact) mass is 747 g/mol. The number of nitrogens with one attached hydrogen (secondary N) is 5. The molecule has 0 saturated heterocycles. The maximum Gasteiger partial charge on any atom is 0.268 e. The van der Waals surface area contributed by atoms with Crippen molar-refractivity contribution in [2.75, 3.05) is 39.3 Å². The van der Waals surface area contributed by atoms with Gasteiger partial charge >= 0.3 is 0 Å². The van der Waals surface area contributed by atoms with Crippen LogP contribution in [0.3, 0.4) is 0 Å². The molecule has 49 heavy (non-hydrogen) atoms. The molecule has 0 radical (unpaired) electrons. The van der Waals surface area contributed by atoms with Gasteiger partial charge in [-0.1, -0.05) is 0 Å². The van der Waals surface area contributed by atoms with Crippen molar-refractivity contribution in [2.24, 2.45) is 4.99 Å². The number of hydrogen-bond donors (Lipinski definition) is 11. The number of carbonyl (C=O) groups is 6. The first-order valence-electron chi connectivity index (χ1n) is 15.4. The second-order valence-electron chi connectivity index (χ2n) is 11.1. The van der Waals surface area contributed by atoms with Crippen molar-refractivity contribution in [3.05, 3.63) is 0 Å². The summed E-state index contributed by atoms with van der Waals surface area (Å²) >= 11 is 0. The molecule has 3 unspecified atom stereocenters. The van der Waals surface area contributed by atoms with Gasteiger partial charge in [0.15, 0.2) is 0 Å². The number of hydroxylamine groups is 6. The molecule has 0 aromatic rings. The molecule has 11 N–H and O–H groups in total. The van der Waals surface area contributed by atoms with E-state index < -0.39 is 85.8 Å². The quantitative estimate of drug-likeness (QED) is 0.0429. The van der Waals surface area contributed by atoms with E-state index >= 15 is 0 Å². The molecule has 1 heterocycles. The Morgan fingerprint density at radius 3 is 1.57 bits per heavy atom. The molecule has 1 aliphatic rings. The Morgan fingerprint density at radius 2 is 1.08 bits per heavy atom. The van der Waals surface area contributed by atoms with Gasteiger partial charge in [0.2, 0.25) is 23.6 Å². The molecule has 21 nitrogen and oxygen atoms in total. The summed E-state index contributed by atoms with van der Waals surface area (Å²) in [5.41, 5.74) is -0.385. The van der Waals surface area contributed by atoms with Gasteiger partial charge in [-0.25, -0.2) is 4.99 Å². The molecule has 5 atom stereocenters. The topological polar surface area (TPSA) is 306 Å². The minimum absolute atomic E-state index is 0. The van der Waals surface area contributed by atoms with Crippen LogP contribution in [-0.2, 0) is 45.8 Å². The van der Waals surface area contributed by atoms with Crippen LogP contribution in [0.4, 0.5) is 0 Å². The summed E-state index contributed by atoms with van der Waals surface area (Å²) in [5, 5.41) is 71.5. The number of nitrogens with zero attached hydrogens (tertiary/aromatic N) is 4. The maximum atomic E-state index is 13.5. The zero-order chi connectivity index (χ0) is 36.4. The normalized spacial score (nSPS) is 20.9. The van der Waals surface area contributed by atoms with E-state index in [2.05, 4.69) is 31.6 Å². The molecule has 6 amide bonds. The van der Waals surface area contributed by atoms with Gasteiger partial charge < -0.3 is 57.5 Å². The Bertz CT molecular complexity index is 1130. The van der Waals surface area contributed by atoms with Crippen molar-refractivity contribution < 1.29 is 76.8 Å². The molecule has 0 aromatic carbocycles. The molecular weight excluding hydrogens is 698 g/mol. The summed E-state index contributed by atoms with van der Waals surface area (Å²) in [4.78, 5) is 80.9. The van der Waals surface area contributed by atoms with Gasteiger partial charge in [0.1, 0.15) is 36.5 Å². The molecule has 282 valence electrons. The number of amides is 6. The SMILES string of the molecule is CC(O)N(O)CCCC1=NC(=O)[C@H](CCCN(O)C(C)O)NC(=O)[C@H](CCCN(O)C(C)O)NC(=O)CNC(=O)CNC(=O)CNC1=O.[Fe]. The molecule has 0 aliphatic carbocycles. The predicted octanol–water partition coefficient (Wildman–Crippen LogP) is -4.29.